The number of carbonyl (C=O) groups excluding carboxylic acids is 3. The monoisotopic (exact) mass is 420 g/mol. The lowest BCUT2D eigenvalue weighted by Crippen LogP contribution is -2.73. The number of ketones is 1. The molecule has 0 radical (unpaired) electrons. The summed E-state index contributed by atoms with van der Waals surface area (Å²) in [7, 11) is 0. The van der Waals surface area contributed by atoms with Crippen LogP contribution in [-0.2, 0) is 28.6 Å². The number of esters is 2. The molecule has 2 unspecified atom stereocenters. The molecule has 0 bridgehead atoms. The molecule has 6 heteroatoms. The maximum atomic E-state index is 12.8. The zero-order valence-electron chi connectivity index (χ0n) is 19.4. The van der Waals surface area contributed by atoms with E-state index in [1.807, 2.05) is 20.8 Å². The van der Waals surface area contributed by atoms with Gasteiger partial charge >= 0.3 is 11.9 Å². The van der Waals surface area contributed by atoms with Crippen molar-refractivity contribution in [2.75, 3.05) is 0 Å². The Morgan fingerprint density at radius 3 is 2.20 bits per heavy atom. The van der Waals surface area contributed by atoms with Gasteiger partial charge in [-0.3, -0.25) is 14.4 Å². The minimum atomic E-state index is -1.000. The SMILES string of the molecule is C=C[C@]1(C)O[C@@]2(C)CCC3C(C)(C)C(=O)CC[C@@]3(C)C2[C@@H](OC(C)=O)[C@H]1OC(C)=O. The van der Waals surface area contributed by atoms with Crippen molar-refractivity contribution in [2.24, 2.45) is 22.7 Å². The molecule has 30 heavy (non-hydrogen) atoms. The summed E-state index contributed by atoms with van der Waals surface area (Å²) in [5.41, 5.74) is -2.39. The first-order chi connectivity index (χ1) is 13.7. The Balaban J connectivity index is 2.18. The average Bonchev–Trinajstić information content (AvgIpc) is 2.60. The van der Waals surface area contributed by atoms with Gasteiger partial charge in [0.2, 0.25) is 0 Å². The van der Waals surface area contributed by atoms with Gasteiger partial charge in [0.05, 0.1) is 5.60 Å². The Bertz CT molecular complexity index is 772. The number of hydrogen-bond acceptors (Lipinski definition) is 6. The molecule has 6 nitrogen and oxygen atoms in total. The first-order valence-corrected chi connectivity index (χ1v) is 10.9. The van der Waals surface area contributed by atoms with Gasteiger partial charge in [0.1, 0.15) is 17.5 Å². The normalized spacial score (nSPS) is 45.0. The summed E-state index contributed by atoms with van der Waals surface area (Å²) in [6.45, 7) is 16.8. The predicted octanol–water partition coefficient (Wildman–Crippen LogP) is 4.01. The van der Waals surface area contributed by atoms with Crippen LogP contribution in [0.3, 0.4) is 0 Å². The van der Waals surface area contributed by atoms with Crippen molar-refractivity contribution in [3.8, 4) is 0 Å². The summed E-state index contributed by atoms with van der Waals surface area (Å²) in [5, 5.41) is 0. The third-order valence-electron chi connectivity index (χ3n) is 8.22. The van der Waals surface area contributed by atoms with Gasteiger partial charge in [0.15, 0.2) is 6.10 Å². The van der Waals surface area contributed by atoms with E-state index in [0.29, 0.717) is 12.8 Å². The second-order valence-corrected chi connectivity index (χ2v) is 10.6. The van der Waals surface area contributed by atoms with Gasteiger partial charge in [-0.1, -0.05) is 26.8 Å². The van der Waals surface area contributed by atoms with Gasteiger partial charge in [-0.05, 0) is 44.4 Å². The third-order valence-corrected chi connectivity index (χ3v) is 8.22. The molecule has 0 aromatic rings. The minimum Gasteiger partial charge on any atom is -0.458 e. The number of rotatable bonds is 3. The van der Waals surface area contributed by atoms with E-state index in [1.54, 1.807) is 6.08 Å². The van der Waals surface area contributed by atoms with Gasteiger partial charge in [-0.25, -0.2) is 0 Å². The van der Waals surface area contributed by atoms with Crippen molar-refractivity contribution >= 4 is 17.7 Å². The Morgan fingerprint density at radius 1 is 1.07 bits per heavy atom. The quantitative estimate of drug-likeness (QED) is 0.507. The Morgan fingerprint density at radius 2 is 1.67 bits per heavy atom. The first kappa shape index (κ1) is 23.0. The maximum absolute atomic E-state index is 12.8. The van der Waals surface area contributed by atoms with Crippen LogP contribution in [0.25, 0.3) is 0 Å². The fraction of sp³-hybridized carbons (Fsp3) is 0.792. The summed E-state index contributed by atoms with van der Waals surface area (Å²) in [6, 6.07) is 0. The van der Waals surface area contributed by atoms with Gasteiger partial charge in [-0.15, -0.1) is 6.58 Å². The van der Waals surface area contributed by atoms with Crippen molar-refractivity contribution < 1.29 is 28.6 Å². The summed E-state index contributed by atoms with van der Waals surface area (Å²) < 4.78 is 18.3. The van der Waals surface area contributed by atoms with Crippen molar-refractivity contribution in [3.63, 3.8) is 0 Å². The van der Waals surface area contributed by atoms with E-state index >= 15 is 0 Å². The highest BCUT2D eigenvalue weighted by Crippen LogP contribution is 2.65. The molecular weight excluding hydrogens is 384 g/mol. The van der Waals surface area contributed by atoms with E-state index in [9.17, 15) is 14.4 Å². The number of carbonyl (C=O) groups is 3. The second kappa shape index (κ2) is 7.18. The fourth-order valence-electron chi connectivity index (χ4n) is 6.99. The summed E-state index contributed by atoms with van der Waals surface area (Å²) in [4.78, 5) is 37.0. The van der Waals surface area contributed by atoms with Gasteiger partial charge in [0.25, 0.3) is 0 Å². The lowest BCUT2D eigenvalue weighted by molar-refractivity contribution is -0.318. The highest BCUT2D eigenvalue weighted by Gasteiger charge is 2.69. The van der Waals surface area contributed by atoms with E-state index in [2.05, 4.69) is 20.4 Å². The van der Waals surface area contributed by atoms with Gasteiger partial charge < -0.3 is 14.2 Å². The topological polar surface area (TPSA) is 78.9 Å². The number of fused-ring (bicyclic) bond motifs is 3. The molecular formula is C24H36O6. The van der Waals surface area contributed by atoms with Gasteiger partial charge in [0, 0.05) is 31.6 Å². The molecule has 3 aliphatic rings. The molecule has 1 aliphatic heterocycles. The zero-order valence-corrected chi connectivity index (χ0v) is 19.4. The molecule has 1 heterocycles. The summed E-state index contributed by atoms with van der Waals surface area (Å²) in [5.74, 6) is -0.713. The van der Waals surface area contributed by atoms with Crippen LogP contribution in [0.1, 0.15) is 74.1 Å². The van der Waals surface area contributed by atoms with Crippen molar-refractivity contribution in [1.29, 1.82) is 0 Å². The standard InChI is InChI=1S/C24H36O6/c1-9-23(7)20(29-15(3)26)18(28-14(2)25)19-22(6)12-11-17(27)21(4,5)16(22)10-13-24(19,8)30-23/h9,16,18-20H,1,10-13H2,2-8H3/t16?,18-,19?,20-,22-,23+,24+/m1/s1. The van der Waals surface area contributed by atoms with E-state index in [1.165, 1.54) is 13.8 Å². The molecule has 1 saturated heterocycles. The first-order valence-electron chi connectivity index (χ1n) is 10.9. The Labute approximate surface area is 179 Å². The molecule has 3 rings (SSSR count). The Kier molecular flexibility index (Phi) is 5.50. The third kappa shape index (κ3) is 3.31. The van der Waals surface area contributed by atoms with Crippen LogP contribution in [0.4, 0.5) is 0 Å². The van der Waals surface area contributed by atoms with Crippen LogP contribution in [0.2, 0.25) is 0 Å². The highest BCUT2D eigenvalue weighted by molar-refractivity contribution is 5.85. The van der Waals surface area contributed by atoms with Crippen LogP contribution in [0.15, 0.2) is 12.7 Å². The zero-order chi connectivity index (χ0) is 22.7. The van der Waals surface area contributed by atoms with Crippen LogP contribution in [-0.4, -0.2) is 41.1 Å². The molecule has 0 aromatic heterocycles. The number of Topliss-reactive ketones (excluding diaryl/α,β-unsaturated/α-hetero) is 1. The molecule has 0 aromatic carbocycles. The van der Waals surface area contributed by atoms with Gasteiger partial charge in [-0.2, -0.15) is 0 Å². The number of hydrogen-bond donors (Lipinski definition) is 0. The van der Waals surface area contributed by atoms with Crippen LogP contribution < -0.4 is 0 Å². The molecule has 0 N–H and O–H groups in total. The summed E-state index contributed by atoms with van der Waals surface area (Å²) >= 11 is 0. The van der Waals surface area contributed by atoms with Crippen molar-refractivity contribution in [1.82, 2.24) is 0 Å². The van der Waals surface area contributed by atoms with Crippen molar-refractivity contribution in [3.05, 3.63) is 12.7 Å². The molecule has 7 atom stereocenters. The minimum absolute atomic E-state index is 0.122. The second-order valence-electron chi connectivity index (χ2n) is 10.6. The van der Waals surface area contributed by atoms with E-state index in [-0.39, 0.29) is 23.0 Å². The molecule has 0 spiro atoms. The summed E-state index contributed by atoms with van der Waals surface area (Å²) in [6.07, 6.45) is 2.88. The number of ether oxygens (including phenoxy) is 3. The average molecular weight is 421 g/mol. The van der Waals surface area contributed by atoms with Crippen LogP contribution in [0, 0.1) is 22.7 Å². The lowest BCUT2D eigenvalue weighted by Gasteiger charge is -2.66. The van der Waals surface area contributed by atoms with E-state index < -0.39 is 40.8 Å². The predicted molar refractivity (Wildman–Crippen MR) is 112 cm³/mol. The largest absolute Gasteiger partial charge is 0.458 e. The Hall–Kier alpha value is -1.69. The lowest BCUT2D eigenvalue weighted by atomic mass is 9.43. The highest BCUT2D eigenvalue weighted by atomic mass is 16.6. The van der Waals surface area contributed by atoms with Crippen LogP contribution >= 0.6 is 0 Å². The molecule has 2 aliphatic carbocycles. The van der Waals surface area contributed by atoms with E-state index in [4.69, 9.17) is 14.2 Å². The fourth-order valence-corrected chi connectivity index (χ4v) is 6.99. The van der Waals surface area contributed by atoms with Crippen molar-refractivity contribution in [2.45, 2.75) is 97.6 Å². The molecule has 2 saturated carbocycles. The molecule has 168 valence electrons. The van der Waals surface area contributed by atoms with E-state index in [0.717, 1.165) is 12.8 Å². The smallest absolute Gasteiger partial charge is 0.303 e. The molecule has 3 fully saturated rings. The maximum Gasteiger partial charge on any atom is 0.303 e. The molecule has 0 amide bonds. The van der Waals surface area contributed by atoms with Crippen LogP contribution in [0.5, 0.6) is 0 Å².